The minimum Gasteiger partial charge on any atom is -0.312 e. The van der Waals surface area contributed by atoms with Crippen molar-refractivity contribution in [1.29, 1.82) is 10.5 Å². The summed E-state index contributed by atoms with van der Waals surface area (Å²) in [5, 5.41) is 17.4. The van der Waals surface area contributed by atoms with Gasteiger partial charge in [0.2, 0.25) is 0 Å². The van der Waals surface area contributed by atoms with Gasteiger partial charge in [0.1, 0.15) is 18.9 Å². The molecule has 2 aromatic carbocycles. The smallest absolute Gasteiger partial charge is 0.261 e. The highest BCUT2D eigenvalue weighted by atomic mass is 32.2. The van der Waals surface area contributed by atoms with E-state index < -0.39 is 21.7 Å². The minimum atomic E-state index is -3.92. The van der Waals surface area contributed by atoms with Crippen molar-refractivity contribution >= 4 is 21.6 Å². The zero-order valence-electron chi connectivity index (χ0n) is 14.3. The molecule has 0 aliphatic carbocycles. The van der Waals surface area contributed by atoms with Crippen molar-refractivity contribution in [2.24, 2.45) is 0 Å². The van der Waals surface area contributed by atoms with Gasteiger partial charge < -0.3 is 4.90 Å². The molecule has 2 rings (SSSR count). The highest BCUT2D eigenvalue weighted by Gasteiger charge is 2.17. The first kappa shape index (κ1) is 19.9. The molecule has 0 aromatic heterocycles. The van der Waals surface area contributed by atoms with Crippen LogP contribution in [0.2, 0.25) is 0 Å². The van der Waals surface area contributed by atoms with Gasteiger partial charge in [0, 0.05) is 11.3 Å². The average Bonchev–Trinajstić information content (AvgIpc) is 2.63. The SMILES string of the molecule is Cc1cc(S(=O)(=O)Nc2ccc(C(=O)N(CC#N)CC#N)cc2)ccc1F. The van der Waals surface area contributed by atoms with E-state index in [2.05, 4.69) is 4.72 Å². The second-order valence-electron chi connectivity index (χ2n) is 5.57. The maximum Gasteiger partial charge on any atom is 0.261 e. The Labute approximate surface area is 156 Å². The lowest BCUT2D eigenvalue weighted by atomic mass is 10.2. The number of anilines is 1. The molecule has 0 radical (unpaired) electrons. The lowest BCUT2D eigenvalue weighted by Gasteiger charge is -2.16. The molecule has 27 heavy (non-hydrogen) atoms. The first-order valence-electron chi connectivity index (χ1n) is 7.70. The summed E-state index contributed by atoms with van der Waals surface area (Å²) < 4.78 is 40.4. The summed E-state index contributed by atoms with van der Waals surface area (Å²) in [5.74, 6) is -1.02. The summed E-state index contributed by atoms with van der Waals surface area (Å²) in [6.07, 6.45) is 0. The first-order valence-corrected chi connectivity index (χ1v) is 9.19. The summed E-state index contributed by atoms with van der Waals surface area (Å²) in [6.45, 7) is 0.998. The average molecular weight is 386 g/mol. The summed E-state index contributed by atoms with van der Waals surface area (Å²) in [7, 11) is -3.92. The number of hydrogen-bond donors (Lipinski definition) is 1. The van der Waals surface area contributed by atoms with E-state index in [0.717, 1.165) is 17.0 Å². The number of carbonyl (C=O) groups is 1. The number of sulfonamides is 1. The fraction of sp³-hybridized carbons (Fsp3) is 0.167. The van der Waals surface area contributed by atoms with Gasteiger partial charge in [-0.15, -0.1) is 0 Å². The van der Waals surface area contributed by atoms with Crippen molar-refractivity contribution in [3.63, 3.8) is 0 Å². The number of nitrogens with one attached hydrogen (secondary N) is 1. The van der Waals surface area contributed by atoms with Gasteiger partial charge in [-0.3, -0.25) is 9.52 Å². The van der Waals surface area contributed by atoms with Crippen LogP contribution >= 0.6 is 0 Å². The standard InChI is InChI=1S/C18H15FN4O3S/c1-13-12-16(6-7-17(13)19)27(25,26)22-15-4-2-14(3-5-15)18(24)23(10-8-20)11-9-21/h2-7,12,22H,10-11H2,1H3. The summed E-state index contributed by atoms with van der Waals surface area (Å²) in [4.78, 5) is 13.2. The molecule has 7 nitrogen and oxygen atoms in total. The summed E-state index contributed by atoms with van der Waals surface area (Å²) >= 11 is 0. The number of hydrogen-bond acceptors (Lipinski definition) is 5. The van der Waals surface area contributed by atoms with Crippen LogP contribution in [-0.4, -0.2) is 32.3 Å². The van der Waals surface area contributed by atoms with Crippen LogP contribution in [0.3, 0.4) is 0 Å². The van der Waals surface area contributed by atoms with E-state index >= 15 is 0 Å². The van der Waals surface area contributed by atoms with Crippen molar-refractivity contribution in [2.75, 3.05) is 17.8 Å². The van der Waals surface area contributed by atoms with Crippen molar-refractivity contribution in [1.82, 2.24) is 4.90 Å². The number of nitrogens with zero attached hydrogens (tertiary/aromatic N) is 3. The van der Waals surface area contributed by atoms with E-state index in [9.17, 15) is 17.6 Å². The molecule has 0 atom stereocenters. The van der Waals surface area contributed by atoms with E-state index in [1.807, 2.05) is 12.1 Å². The summed E-state index contributed by atoms with van der Waals surface area (Å²) in [5.41, 5.74) is 0.621. The Kier molecular flexibility index (Phi) is 6.11. The predicted molar refractivity (Wildman–Crippen MR) is 95.5 cm³/mol. The van der Waals surface area contributed by atoms with E-state index in [-0.39, 0.29) is 34.8 Å². The Bertz CT molecular complexity index is 1020. The van der Waals surface area contributed by atoms with Crippen LogP contribution in [0.4, 0.5) is 10.1 Å². The number of benzene rings is 2. The monoisotopic (exact) mass is 386 g/mol. The fourth-order valence-corrected chi connectivity index (χ4v) is 3.38. The Balaban J connectivity index is 2.20. The van der Waals surface area contributed by atoms with Crippen molar-refractivity contribution in [3.8, 4) is 12.1 Å². The van der Waals surface area contributed by atoms with Gasteiger partial charge in [-0.2, -0.15) is 10.5 Å². The van der Waals surface area contributed by atoms with E-state index in [1.54, 1.807) is 0 Å². The van der Waals surface area contributed by atoms with Crippen LogP contribution in [0, 0.1) is 35.4 Å². The molecular formula is C18H15FN4O3S. The van der Waals surface area contributed by atoms with E-state index in [1.165, 1.54) is 37.3 Å². The van der Waals surface area contributed by atoms with Gasteiger partial charge in [-0.1, -0.05) is 0 Å². The summed E-state index contributed by atoms with van der Waals surface area (Å²) in [6, 6.07) is 12.6. The normalized spacial score (nSPS) is 10.5. The van der Waals surface area contributed by atoms with Crippen LogP contribution in [0.5, 0.6) is 0 Å². The Morgan fingerprint density at radius 1 is 1.11 bits per heavy atom. The van der Waals surface area contributed by atoms with E-state index in [0.29, 0.717) is 0 Å². The molecule has 0 bridgehead atoms. The molecule has 2 aromatic rings. The van der Waals surface area contributed by atoms with Gasteiger partial charge in [0.25, 0.3) is 15.9 Å². The lowest BCUT2D eigenvalue weighted by Crippen LogP contribution is -2.31. The molecule has 0 saturated heterocycles. The molecule has 0 fully saturated rings. The molecule has 0 heterocycles. The molecule has 0 aliphatic heterocycles. The van der Waals surface area contributed by atoms with Gasteiger partial charge in [0.05, 0.1) is 17.0 Å². The zero-order valence-corrected chi connectivity index (χ0v) is 15.1. The third-order valence-electron chi connectivity index (χ3n) is 3.63. The number of rotatable bonds is 6. The van der Waals surface area contributed by atoms with Crippen LogP contribution in [0.15, 0.2) is 47.4 Å². The maximum absolute atomic E-state index is 13.3. The van der Waals surface area contributed by atoms with Crippen molar-refractivity contribution in [2.45, 2.75) is 11.8 Å². The molecule has 0 unspecified atom stereocenters. The van der Waals surface area contributed by atoms with E-state index in [4.69, 9.17) is 10.5 Å². The van der Waals surface area contributed by atoms with Gasteiger partial charge in [-0.05, 0) is 55.0 Å². The topological polar surface area (TPSA) is 114 Å². The van der Waals surface area contributed by atoms with Gasteiger partial charge in [0.15, 0.2) is 0 Å². The van der Waals surface area contributed by atoms with Crippen LogP contribution in [0.25, 0.3) is 0 Å². The van der Waals surface area contributed by atoms with Crippen molar-refractivity contribution < 1.29 is 17.6 Å². The molecule has 9 heteroatoms. The second kappa shape index (κ2) is 8.30. The van der Waals surface area contributed by atoms with Crippen molar-refractivity contribution in [3.05, 3.63) is 59.4 Å². The zero-order chi connectivity index (χ0) is 20.0. The Morgan fingerprint density at radius 2 is 1.70 bits per heavy atom. The van der Waals surface area contributed by atoms with Gasteiger partial charge >= 0.3 is 0 Å². The second-order valence-corrected chi connectivity index (χ2v) is 7.25. The number of carbonyl (C=O) groups excluding carboxylic acids is 1. The van der Waals surface area contributed by atoms with Crippen LogP contribution in [0.1, 0.15) is 15.9 Å². The third-order valence-corrected chi connectivity index (χ3v) is 5.01. The molecule has 0 aliphatic rings. The minimum absolute atomic E-state index is 0.0873. The molecule has 0 spiro atoms. The lowest BCUT2D eigenvalue weighted by molar-refractivity contribution is 0.0794. The molecule has 1 N–H and O–H groups in total. The van der Waals surface area contributed by atoms with Crippen LogP contribution in [-0.2, 0) is 10.0 Å². The highest BCUT2D eigenvalue weighted by Crippen LogP contribution is 2.19. The number of nitriles is 2. The Hall–Kier alpha value is -3.43. The predicted octanol–water partition coefficient (Wildman–Crippen LogP) is 2.42. The highest BCUT2D eigenvalue weighted by molar-refractivity contribution is 7.92. The van der Waals surface area contributed by atoms with Gasteiger partial charge in [-0.25, -0.2) is 12.8 Å². The molecular weight excluding hydrogens is 371 g/mol. The van der Waals surface area contributed by atoms with Crippen LogP contribution < -0.4 is 4.72 Å². The first-order chi connectivity index (χ1) is 12.8. The Morgan fingerprint density at radius 3 is 2.22 bits per heavy atom. The number of halogens is 1. The molecule has 138 valence electrons. The fourth-order valence-electron chi connectivity index (χ4n) is 2.23. The number of aryl methyl sites for hydroxylation is 1. The quantitative estimate of drug-likeness (QED) is 0.766. The maximum atomic E-state index is 13.3. The largest absolute Gasteiger partial charge is 0.312 e. The number of amides is 1. The molecule has 1 amide bonds. The third kappa shape index (κ3) is 4.81. The molecule has 0 saturated carbocycles.